The van der Waals surface area contributed by atoms with Gasteiger partial charge in [-0.15, -0.1) is 0 Å². The van der Waals surface area contributed by atoms with Crippen molar-refractivity contribution in [2.75, 3.05) is 39.8 Å². The minimum absolute atomic E-state index is 0.124. The standard InChI is InChI=1S/C21H25N3O3/c1-23-11-13-24(14-12-23)15-19(16-5-3-2-4-6-16)22-20(25)17-7-9-18(10-8-17)21(26)27/h2-10,19H,11-15H2,1H3,(H,22,25)(H,26,27). The van der Waals surface area contributed by atoms with Crippen LogP contribution in [0.1, 0.15) is 32.3 Å². The predicted molar refractivity (Wildman–Crippen MR) is 104 cm³/mol. The largest absolute Gasteiger partial charge is 0.478 e. The molecular formula is C21H25N3O3. The molecule has 2 aromatic carbocycles. The van der Waals surface area contributed by atoms with Gasteiger partial charge in [0.1, 0.15) is 0 Å². The number of benzene rings is 2. The van der Waals surface area contributed by atoms with Crippen LogP contribution in [0.4, 0.5) is 0 Å². The highest BCUT2D eigenvalue weighted by atomic mass is 16.4. The minimum atomic E-state index is -1.00. The van der Waals surface area contributed by atoms with Gasteiger partial charge in [-0.2, -0.15) is 0 Å². The van der Waals surface area contributed by atoms with Crippen molar-refractivity contribution in [1.29, 1.82) is 0 Å². The molecule has 142 valence electrons. The molecule has 1 aliphatic heterocycles. The topological polar surface area (TPSA) is 72.9 Å². The molecule has 3 rings (SSSR count). The fourth-order valence-electron chi connectivity index (χ4n) is 3.21. The number of piperazine rings is 1. The Hall–Kier alpha value is -2.70. The number of rotatable bonds is 6. The van der Waals surface area contributed by atoms with Gasteiger partial charge in [-0.25, -0.2) is 4.79 Å². The van der Waals surface area contributed by atoms with Crippen LogP contribution in [0.2, 0.25) is 0 Å². The first kappa shape index (κ1) is 19.1. The molecule has 1 atom stereocenters. The molecule has 0 radical (unpaired) electrons. The van der Waals surface area contributed by atoms with Gasteiger partial charge in [0, 0.05) is 38.3 Å². The molecule has 2 aromatic rings. The Labute approximate surface area is 159 Å². The van der Waals surface area contributed by atoms with Gasteiger partial charge in [0.05, 0.1) is 11.6 Å². The molecule has 1 unspecified atom stereocenters. The van der Waals surface area contributed by atoms with Crippen LogP contribution in [0, 0.1) is 0 Å². The van der Waals surface area contributed by atoms with Gasteiger partial charge in [0.25, 0.3) is 5.91 Å². The summed E-state index contributed by atoms with van der Waals surface area (Å²) >= 11 is 0. The van der Waals surface area contributed by atoms with Crippen molar-refractivity contribution >= 4 is 11.9 Å². The number of nitrogens with one attached hydrogen (secondary N) is 1. The van der Waals surface area contributed by atoms with Crippen molar-refractivity contribution < 1.29 is 14.7 Å². The lowest BCUT2D eigenvalue weighted by Gasteiger charge is -2.35. The Morgan fingerprint density at radius 1 is 0.963 bits per heavy atom. The number of nitrogens with zero attached hydrogens (tertiary/aromatic N) is 2. The Morgan fingerprint density at radius 3 is 2.15 bits per heavy atom. The van der Waals surface area contributed by atoms with E-state index in [4.69, 9.17) is 5.11 Å². The molecule has 2 N–H and O–H groups in total. The van der Waals surface area contributed by atoms with Gasteiger partial charge in [0.2, 0.25) is 0 Å². The molecule has 1 amide bonds. The van der Waals surface area contributed by atoms with Crippen LogP contribution in [0.5, 0.6) is 0 Å². The summed E-state index contributed by atoms with van der Waals surface area (Å²) < 4.78 is 0. The van der Waals surface area contributed by atoms with Crippen molar-refractivity contribution in [3.8, 4) is 0 Å². The molecule has 6 nitrogen and oxygen atoms in total. The second-order valence-electron chi connectivity index (χ2n) is 6.92. The summed E-state index contributed by atoms with van der Waals surface area (Å²) in [7, 11) is 2.12. The van der Waals surface area contributed by atoms with E-state index in [-0.39, 0.29) is 17.5 Å². The average molecular weight is 367 g/mol. The number of carbonyl (C=O) groups excluding carboxylic acids is 1. The monoisotopic (exact) mass is 367 g/mol. The maximum absolute atomic E-state index is 12.7. The van der Waals surface area contributed by atoms with Gasteiger partial charge in [-0.05, 0) is 36.9 Å². The highest BCUT2D eigenvalue weighted by molar-refractivity contribution is 5.96. The smallest absolute Gasteiger partial charge is 0.335 e. The molecule has 6 heteroatoms. The highest BCUT2D eigenvalue weighted by Crippen LogP contribution is 2.17. The number of aromatic carboxylic acids is 1. The summed E-state index contributed by atoms with van der Waals surface area (Å²) in [5.41, 5.74) is 1.69. The average Bonchev–Trinajstić information content (AvgIpc) is 2.70. The Kier molecular flexibility index (Phi) is 6.21. The van der Waals surface area contributed by atoms with E-state index >= 15 is 0 Å². The third-order valence-electron chi connectivity index (χ3n) is 4.94. The Balaban J connectivity index is 1.72. The highest BCUT2D eigenvalue weighted by Gasteiger charge is 2.21. The number of hydrogen-bond acceptors (Lipinski definition) is 4. The molecule has 27 heavy (non-hydrogen) atoms. The SMILES string of the molecule is CN1CCN(CC(NC(=O)c2ccc(C(=O)O)cc2)c2ccccc2)CC1. The lowest BCUT2D eigenvalue weighted by Crippen LogP contribution is -2.47. The van der Waals surface area contributed by atoms with E-state index in [9.17, 15) is 9.59 Å². The van der Waals surface area contributed by atoms with Crippen molar-refractivity contribution in [2.24, 2.45) is 0 Å². The van der Waals surface area contributed by atoms with E-state index in [1.165, 1.54) is 12.1 Å². The first-order valence-corrected chi connectivity index (χ1v) is 9.13. The first-order chi connectivity index (χ1) is 13.0. The fourth-order valence-corrected chi connectivity index (χ4v) is 3.21. The first-order valence-electron chi connectivity index (χ1n) is 9.13. The summed E-state index contributed by atoms with van der Waals surface area (Å²) in [4.78, 5) is 28.4. The van der Waals surface area contributed by atoms with Crippen molar-refractivity contribution in [3.05, 3.63) is 71.3 Å². The van der Waals surface area contributed by atoms with Gasteiger partial charge in [0.15, 0.2) is 0 Å². The number of carboxylic acids is 1. The van der Waals surface area contributed by atoms with E-state index in [1.54, 1.807) is 12.1 Å². The molecular weight excluding hydrogens is 342 g/mol. The molecule has 0 spiro atoms. The maximum Gasteiger partial charge on any atom is 0.335 e. The molecule has 0 aromatic heterocycles. The van der Waals surface area contributed by atoms with Gasteiger partial charge in [-0.3, -0.25) is 9.69 Å². The van der Waals surface area contributed by atoms with Crippen LogP contribution in [0.25, 0.3) is 0 Å². The van der Waals surface area contributed by atoms with Crippen molar-refractivity contribution in [3.63, 3.8) is 0 Å². The zero-order valence-corrected chi connectivity index (χ0v) is 15.5. The van der Waals surface area contributed by atoms with Crippen LogP contribution in [-0.2, 0) is 0 Å². The molecule has 0 saturated carbocycles. The molecule has 0 aliphatic carbocycles. The third kappa shape index (κ3) is 5.15. The normalized spacial score (nSPS) is 16.6. The zero-order valence-electron chi connectivity index (χ0n) is 15.5. The molecule has 1 heterocycles. The summed E-state index contributed by atoms with van der Waals surface area (Å²) in [5.74, 6) is -1.20. The second kappa shape index (κ2) is 8.79. The Bertz CT molecular complexity index is 769. The van der Waals surface area contributed by atoms with E-state index in [2.05, 4.69) is 22.2 Å². The van der Waals surface area contributed by atoms with Crippen molar-refractivity contribution in [2.45, 2.75) is 6.04 Å². The zero-order chi connectivity index (χ0) is 19.2. The minimum Gasteiger partial charge on any atom is -0.478 e. The van der Waals surface area contributed by atoms with E-state index in [0.29, 0.717) is 5.56 Å². The molecule has 1 saturated heterocycles. The van der Waals surface area contributed by atoms with Crippen LogP contribution in [0.3, 0.4) is 0 Å². The third-order valence-corrected chi connectivity index (χ3v) is 4.94. The number of carboxylic acid groups (broad SMARTS) is 1. The number of amides is 1. The van der Waals surface area contributed by atoms with Crippen LogP contribution < -0.4 is 5.32 Å². The van der Waals surface area contributed by atoms with Gasteiger partial charge < -0.3 is 15.3 Å². The number of likely N-dealkylation sites (N-methyl/N-ethyl adjacent to an activating group) is 1. The summed E-state index contributed by atoms with van der Waals surface area (Å²) in [5, 5.41) is 12.1. The fraction of sp³-hybridized carbons (Fsp3) is 0.333. The maximum atomic E-state index is 12.7. The van der Waals surface area contributed by atoms with Crippen LogP contribution in [-0.4, -0.2) is 66.6 Å². The lowest BCUT2D eigenvalue weighted by molar-refractivity contribution is 0.0696. The quantitative estimate of drug-likeness (QED) is 0.818. The van der Waals surface area contributed by atoms with E-state index in [0.717, 1.165) is 38.3 Å². The summed E-state index contributed by atoms with van der Waals surface area (Å²) in [6.07, 6.45) is 0. The molecule has 0 bridgehead atoms. The number of hydrogen-bond donors (Lipinski definition) is 2. The number of carbonyl (C=O) groups is 2. The second-order valence-corrected chi connectivity index (χ2v) is 6.92. The predicted octanol–water partition coefficient (Wildman–Crippen LogP) is 2.10. The molecule has 1 aliphatic rings. The summed E-state index contributed by atoms with van der Waals surface area (Å²) in [6.45, 7) is 4.74. The van der Waals surface area contributed by atoms with Gasteiger partial charge in [-0.1, -0.05) is 30.3 Å². The van der Waals surface area contributed by atoms with Gasteiger partial charge >= 0.3 is 5.97 Å². The van der Waals surface area contributed by atoms with Crippen LogP contribution in [0.15, 0.2) is 54.6 Å². The molecule has 1 fully saturated rings. The van der Waals surface area contributed by atoms with Crippen molar-refractivity contribution in [1.82, 2.24) is 15.1 Å². The Morgan fingerprint density at radius 2 is 1.56 bits per heavy atom. The lowest BCUT2D eigenvalue weighted by atomic mass is 10.0. The van der Waals surface area contributed by atoms with Crippen LogP contribution >= 0.6 is 0 Å². The van der Waals surface area contributed by atoms with E-state index in [1.807, 2.05) is 30.3 Å². The summed E-state index contributed by atoms with van der Waals surface area (Å²) in [6, 6.07) is 15.8. The van der Waals surface area contributed by atoms with E-state index < -0.39 is 5.97 Å².